The van der Waals surface area contributed by atoms with Crippen molar-refractivity contribution in [2.45, 2.75) is 38.5 Å². The highest BCUT2D eigenvalue weighted by molar-refractivity contribution is 4.60. The Morgan fingerprint density at radius 2 is 1.82 bits per heavy atom. The van der Waals surface area contributed by atoms with E-state index in [-0.39, 0.29) is 6.10 Å². The van der Waals surface area contributed by atoms with E-state index in [2.05, 4.69) is 0 Å². The standard InChI is InChI=1S/C8H19NO2/c1-4-5-7(10)6-8(11)9(2)3/h7-8,10-11H,4-6H2,1-3H3. The second-order valence-corrected chi connectivity index (χ2v) is 3.12. The minimum Gasteiger partial charge on any atom is -0.393 e. The van der Waals surface area contributed by atoms with E-state index >= 15 is 0 Å². The Bertz CT molecular complexity index is 96.1. The highest BCUT2D eigenvalue weighted by Gasteiger charge is 2.11. The van der Waals surface area contributed by atoms with Crippen molar-refractivity contribution < 1.29 is 10.2 Å². The van der Waals surface area contributed by atoms with Crippen LogP contribution in [0.1, 0.15) is 26.2 Å². The Hall–Kier alpha value is -0.120. The first-order valence-electron chi connectivity index (χ1n) is 4.10. The molecule has 0 aliphatic heterocycles. The zero-order chi connectivity index (χ0) is 8.85. The largest absolute Gasteiger partial charge is 0.393 e. The molecular formula is C8H19NO2. The average molecular weight is 161 g/mol. The van der Waals surface area contributed by atoms with E-state index in [0.29, 0.717) is 6.42 Å². The number of nitrogens with zero attached hydrogens (tertiary/aromatic N) is 1. The normalized spacial score (nSPS) is 16.9. The third-order valence-electron chi connectivity index (χ3n) is 1.70. The Kier molecular flexibility index (Phi) is 5.46. The third-order valence-corrected chi connectivity index (χ3v) is 1.70. The molecule has 0 saturated carbocycles. The predicted octanol–water partition coefficient (Wildman–Crippen LogP) is 0.418. The van der Waals surface area contributed by atoms with Gasteiger partial charge >= 0.3 is 0 Å². The summed E-state index contributed by atoms with van der Waals surface area (Å²) in [5.41, 5.74) is 0. The summed E-state index contributed by atoms with van der Waals surface area (Å²) in [5, 5.41) is 18.6. The molecule has 0 aliphatic rings. The number of aliphatic hydroxyl groups is 2. The maximum Gasteiger partial charge on any atom is 0.109 e. The van der Waals surface area contributed by atoms with Crippen LogP contribution in [0.2, 0.25) is 0 Å². The smallest absolute Gasteiger partial charge is 0.109 e. The van der Waals surface area contributed by atoms with Gasteiger partial charge in [0.1, 0.15) is 6.23 Å². The zero-order valence-electron chi connectivity index (χ0n) is 7.62. The molecule has 0 aliphatic carbocycles. The maximum absolute atomic E-state index is 9.29. The molecule has 2 N–H and O–H groups in total. The van der Waals surface area contributed by atoms with Crippen LogP contribution >= 0.6 is 0 Å². The van der Waals surface area contributed by atoms with E-state index in [1.54, 1.807) is 19.0 Å². The summed E-state index contributed by atoms with van der Waals surface area (Å²) in [6.45, 7) is 2.02. The maximum atomic E-state index is 9.29. The summed E-state index contributed by atoms with van der Waals surface area (Å²) in [6, 6.07) is 0. The molecule has 3 heteroatoms. The molecule has 0 spiro atoms. The first-order chi connectivity index (χ1) is 5.07. The number of rotatable bonds is 5. The molecule has 3 nitrogen and oxygen atoms in total. The molecule has 11 heavy (non-hydrogen) atoms. The van der Waals surface area contributed by atoms with Crippen molar-refractivity contribution in [3.05, 3.63) is 0 Å². The Morgan fingerprint density at radius 1 is 1.27 bits per heavy atom. The molecule has 0 saturated heterocycles. The molecule has 0 aromatic rings. The van der Waals surface area contributed by atoms with Crippen LogP contribution in [0.3, 0.4) is 0 Å². The van der Waals surface area contributed by atoms with Gasteiger partial charge in [-0.15, -0.1) is 0 Å². The number of aliphatic hydroxyl groups excluding tert-OH is 2. The van der Waals surface area contributed by atoms with Crippen LogP contribution in [0.25, 0.3) is 0 Å². The first kappa shape index (κ1) is 10.9. The fraction of sp³-hybridized carbons (Fsp3) is 1.00. The van der Waals surface area contributed by atoms with Gasteiger partial charge in [0, 0.05) is 6.42 Å². The molecular weight excluding hydrogens is 142 g/mol. The fourth-order valence-electron chi connectivity index (χ4n) is 0.905. The van der Waals surface area contributed by atoms with Crippen LogP contribution in [0.5, 0.6) is 0 Å². The van der Waals surface area contributed by atoms with E-state index in [0.717, 1.165) is 12.8 Å². The molecule has 2 atom stereocenters. The molecule has 0 fully saturated rings. The summed E-state index contributed by atoms with van der Waals surface area (Å²) in [6.07, 6.45) is 1.29. The summed E-state index contributed by atoms with van der Waals surface area (Å²) < 4.78 is 0. The van der Waals surface area contributed by atoms with E-state index in [9.17, 15) is 10.2 Å². The summed E-state index contributed by atoms with van der Waals surface area (Å²) in [5.74, 6) is 0. The summed E-state index contributed by atoms with van der Waals surface area (Å²) >= 11 is 0. The van der Waals surface area contributed by atoms with E-state index in [1.807, 2.05) is 6.92 Å². The molecule has 0 heterocycles. The van der Waals surface area contributed by atoms with Crippen LogP contribution in [0.4, 0.5) is 0 Å². The van der Waals surface area contributed by atoms with Gasteiger partial charge in [0.2, 0.25) is 0 Å². The van der Waals surface area contributed by atoms with Crippen molar-refractivity contribution in [3.8, 4) is 0 Å². The van der Waals surface area contributed by atoms with Crippen LogP contribution in [-0.2, 0) is 0 Å². The topological polar surface area (TPSA) is 43.7 Å². The monoisotopic (exact) mass is 161 g/mol. The molecule has 0 aromatic carbocycles. The van der Waals surface area contributed by atoms with Gasteiger partial charge in [0.05, 0.1) is 6.10 Å². The Morgan fingerprint density at radius 3 is 2.18 bits per heavy atom. The molecule has 0 rings (SSSR count). The lowest BCUT2D eigenvalue weighted by atomic mass is 10.1. The molecule has 0 bridgehead atoms. The minimum absolute atomic E-state index is 0.364. The number of hydrogen-bond donors (Lipinski definition) is 2. The lowest BCUT2D eigenvalue weighted by Crippen LogP contribution is -2.31. The average Bonchev–Trinajstić information content (AvgIpc) is 1.87. The van der Waals surface area contributed by atoms with Crippen molar-refractivity contribution in [3.63, 3.8) is 0 Å². The van der Waals surface area contributed by atoms with Gasteiger partial charge in [0.15, 0.2) is 0 Å². The lowest BCUT2D eigenvalue weighted by Gasteiger charge is -2.20. The van der Waals surface area contributed by atoms with Gasteiger partial charge in [0.25, 0.3) is 0 Å². The van der Waals surface area contributed by atoms with Gasteiger partial charge < -0.3 is 10.2 Å². The van der Waals surface area contributed by atoms with Crippen LogP contribution in [-0.4, -0.2) is 41.5 Å². The second kappa shape index (κ2) is 5.52. The predicted molar refractivity (Wildman–Crippen MR) is 45.2 cm³/mol. The van der Waals surface area contributed by atoms with Crippen LogP contribution in [0.15, 0.2) is 0 Å². The minimum atomic E-state index is -0.517. The van der Waals surface area contributed by atoms with Gasteiger partial charge in [-0.25, -0.2) is 0 Å². The van der Waals surface area contributed by atoms with E-state index < -0.39 is 6.23 Å². The van der Waals surface area contributed by atoms with Crippen molar-refractivity contribution >= 4 is 0 Å². The van der Waals surface area contributed by atoms with Crippen molar-refractivity contribution in [1.29, 1.82) is 0 Å². The third kappa shape index (κ3) is 5.18. The lowest BCUT2D eigenvalue weighted by molar-refractivity contribution is -0.00619. The van der Waals surface area contributed by atoms with Crippen molar-refractivity contribution in [2.24, 2.45) is 0 Å². The SMILES string of the molecule is CCCC(O)CC(O)N(C)C. The summed E-state index contributed by atoms with van der Waals surface area (Å²) in [7, 11) is 3.59. The van der Waals surface area contributed by atoms with E-state index in [1.165, 1.54) is 0 Å². The fourth-order valence-corrected chi connectivity index (χ4v) is 0.905. The molecule has 68 valence electrons. The quantitative estimate of drug-likeness (QED) is 0.574. The number of hydrogen-bond acceptors (Lipinski definition) is 3. The zero-order valence-corrected chi connectivity index (χ0v) is 7.62. The molecule has 0 aromatic heterocycles. The van der Waals surface area contributed by atoms with Crippen molar-refractivity contribution in [1.82, 2.24) is 4.90 Å². The highest BCUT2D eigenvalue weighted by Crippen LogP contribution is 2.05. The van der Waals surface area contributed by atoms with Gasteiger partial charge in [-0.3, -0.25) is 4.90 Å². The molecule has 0 radical (unpaired) electrons. The Labute approximate surface area is 68.6 Å². The van der Waals surface area contributed by atoms with Gasteiger partial charge in [-0.1, -0.05) is 13.3 Å². The highest BCUT2D eigenvalue weighted by atomic mass is 16.3. The molecule has 2 unspecified atom stereocenters. The second-order valence-electron chi connectivity index (χ2n) is 3.12. The van der Waals surface area contributed by atoms with Gasteiger partial charge in [-0.05, 0) is 20.5 Å². The van der Waals surface area contributed by atoms with Crippen LogP contribution < -0.4 is 0 Å². The first-order valence-corrected chi connectivity index (χ1v) is 4.10. The van der Waals surface area contributed by atoms with Gasteiger partial charge in [-0.2, -0.15) is 0 Å². The molecule has 0 amide bonds. The van der Waals surface area contributed by atoms with Crippen LogP contribution in [0, 0.1) is 0 Å². The van der Waals surface area contributed by atoms with Crippen molar-refractivity contribution in [2.75, 3.05) is 14.1 Å². The van der Waals surface area contributed by atoms with E-state index in [4.69, 9.17) is 0 Å². The Balaban J connectivity index is 3.48. The summed E-state index contributed by atoms with van der Waals surface area (Å²) in [4.78, 5) is 1.69.